The van der Waals surface area contributed by atoms with Gasteiger partial charge in [-0.25, -0.2) is 0 Å². The molecule has 3 rings (SSSR count). The monoisotopic (exact) mass is 372 g/mol. The highest BCUT2D eigenvalue weighted by Crippen LogP contribution is 2.31. The molecule has 1 heterocycles. The number of ether oxygens (including phenoxy) is 1. The molecule has 1 amide bonds. The van der Waals surface area contributed by atoms with Crippen LogP contribution in [0.25, 0.3) is 0 Å². The standard InChI is InChI=1S/C23H36N2O2/c1-4-25(18(2)26)22-14-15-27-23(16-22)20-12-10-19(11-13-20)17-24(3)21-8-6-5-7-9-21/h10-13,21-23H,4-9,14-17H2,1-3H3/t22-,23+/m1/s1. The van der Waals surface area contributed by atoms with E-state index in [1.807, 2.05) is 4.90 Å². The average Bonchev–Trinajstić information content (AvgIpc) is 2.70. The Balaban J connectivity index is 1.58. The van der Waals surface area contributed by atoms with Gasteiger partial charge >= 0.3 is 0 Å². The number of rotatable bonds is 6. The molecule has 27 heavy (non-hydrogen) atoms. The Kier molecular flexibility index (Phi) is 7.31. The molecule has 0 N–H and O–H groups in total. The number of hydrogen-bond acceptors (Lipinski definition) is 3. The smallest absolute Gasteiger partial charge is 0.219 e. The van der Waals surface area contributed by atoms with Crippen LogP contribution in [0.5, 0.6) is 0 Å². The SMILES string of the molecule is CCN(C(C)=O)[C@@H]1CCO[C@H](c2ccc(CN(C)C3CCCCC3)cc2)C1. The molecular formula is C23H36N2O2. The van der Waals surface area contributed by atoms with E-state index in [9.17, 15) is 4.79 Å². The van der Waals surface area contributed by atoms with Crippen LogP contribution < -0.4 is 0 Å². The zero-order valence-electron chi connectivity index (χ0n) is 17.3. The Morgan fingerprint density at radius 1 is 1.07 bits per heavy atom. The molecule has 1 saturated heterocycles. The predicted octanol–water partition coefficient (Wildman–Crippen LogP) is 4.54. The van der Waals surface area contributed by atoms with Crippen molar-refractivity contribution in [1.29, 1.82) is 0 Å². The van der Waals surface area contributed by atoms with Gasteiger partial charge in [-0.1, -0.05) is 43.5 Å². The maximum atomic E-state index is 11.9. The summed E-state index contributed by atoms with van der Waals surface area (Å²) in [6, 6.07) is 9.99. The topological polar surface area (TPSA) is 32.8 Å². The molecular weight excluding hydrogens is 336 g/mol. The summed E-state index contributed by atoms with van der Waals surface area (Å²) in [5, 5.41) is 0. The molecule has 4 nitrogen and oxygen atoms in total. The van der Waals surface area contributed by atoms with Crippen LogP contribution in [0, 0.1) is 0 Å². The van der Waals surface area contributed by atoms with E-state index in [0.717, 1.165) is 38.6 Å². The molecule has 1 aromatic rings. The molecule has 1 saturated carbocycles. The summed E-state index contributed by atoms with van der Waals surface area (Å²) in [6.45, 7) is 6.26. The molecule has 1 aliphatic heterocycles. The molecule has 0 unspecified atom stereocenters. The second-order valence-electron chi connectivity index (χ2n) is 8.29. The van der Waals surface area contributed by atoms with Crippen LogP contribution in [0.15, 0.2) is 24.3 Å². The van der Waals surface area contributed by atoms with Gasteiger partial charge in [-0.2, -0.15) is 0 Å². The first-order chi connectivity index (χ1) is 13.1. The third-order valence-electron chi connectivity index (χ3n) is 6.42. The van der Waals surface area contributed by atoms with Gasteiger partial charge in [0.2, 0.25) is 5.91 Å². The minimum absolute atomic E-state index is 0.0993. The molecule has 150 valence electrons. The second-order valence-corrected chi connectivity index (χ2v) is 8.29. The van der Waals surface area contributed by atoms with Crippen molar-refractivity contribution in [3.8, 4) is 0 Å². The van der Waals surface area contributed by atoms with Crippen LogP contribution in [0.2, 0.25) is 0 Å². The number of benzene rings is 1. The third kappa shape index (κ3) is 5.32. The van der Waals surface area contributed by atoms with Gasteiger partial charge < -0.3 is 9.64 Å². The van der Waals surface area contributed by atoms with E-state index in [-0.39, 0.29) is 12.0 Å². The first-order valence-electron chi connectivity index (χ1n) is 10.8. The van der Waals surface area contributed by atoms with Crippen molar-refractivity contribution in [2.75, 3.05) is 20.2 Å². The van der Waals surface area contributed by atoms with E-state index >= 15 is 0 Å². The highest BCUT2D eigenvalue weighted by atomic mass is 16.5. The molecule has 2 fully saturated rings. The second kappa shape index (κ2) is 9.70. The summed E-state index contributed by atoms with van der Waals surface area (Å²) in [6.07, 6.45) is 8.78. The number of carbonyl (C=O) groups is 1. The summed E-state index contributed by atoms with van der Waals surface area (Å²) in [7, 11) is 2.26. The maximum Gasteiger partial charge on any atom is 0.219 e. The summed E-state index contributed by atoms with van der Waals surface area (Å²) >= 11 is 0. The van der Waals surface area contributed by atoms with Crippen molar-refractivity contribution < 1.29 is 9.53 Å². The van der Waals surface area contributed by atoms with E-state index in [1.54, 1.807) is 6.92 Å². The lowest BCUT2D eigenvalue weighted by Gasteiger charge is -2.37. The van der Waals surface area contributed by atoms with E-state index < -0.39 is 0 Å². The molecule has 0 radical (unpaired) electrons. The van der Waals surface area contributed by atoms with Gasteiger partial charge in [0, 0.05) is 38.7 Å². The van der Waals surface area contributed by atoms with Crippen molar-refractivity contribution in [2.24, 2.45) is 0 Å². The fourth-order valence-electron chi connectivity index (χ4n) is 4.81. The highest BCUT2D eigenvalue weighted by molar-refractivity contribution is 5.73. The zero-order valence-corrected chi connectivity index (χ0v) is 17.3. The lowest BCUT2D eigenvalue weighted by Crippen LogP contribution is -2.42. The van der Waals surface area contributed by atoms with Crippen molar-refractivity contribution in [3.63, 3.8) is 0 Å². The zero-order chi connectivity index (χ0) is 19.2. The van der Waals surface area contributed by atoms with Crippen LogP contribution in [-0.2, 0) is 16.1 Å². The molecule has 0 spiro atoms. The number of nitrogens with zero attached hydrogens (tertiary/aromatic N) is 2. The minimum Gasteiger partial charge on any atom is -0.373 e. The van der Waals surface area contributed by atoms with Gasteiger partial charge in [-0.15, -0.1) is 0 Å². The molecule has 2 aliphatic rings. The number of carbonyl (C=O) groups excluding carboxylic acids is 1. The minimum atomic E-state index is 0.0993. The lowest BCUT2D eigenvalue weighted by molar-refractivity contribution is -0.134. The Labute approximate surface area is 164 Å². The van der Waals surface area contributed by atoms with Crippen molar-refractivity contribution in [3.05, 3.63) is 35.4 Å². The normalized spacial score (nSPS) is 24.1. The molecule has 0 aromatic heterocycles. The lowest BCUT2D eigenvalue weighted by atomic mass is 9.93. The number of amides is 1. The van der Waals surface area contributed by atoms with E-state index in [1.165, 1.54) is 43.2 Å². The van der Waals surface area contributed by atoms with Crippen LogP contribution in [0.3, 0.4) is 0 Å². The summed E-state index contributed by atoms with van der Waals surface area (Å²) < 4.78 is 6.04. The summed E-state index contributed by atoms with van der Waals surface area (Å²) in [5.74, 6) is 0.171. The Morgan fingerprint density at radius 3 is 2.41 bits per heavy atom. The van der Waals surface area contributed by atoms with Crippen LogP contribution in [0.4, 0.5) is 0 Å². The fraction of sp³-hybridized carbons (Fsp3) is 0.696. The quantitative estimate of drug-likeness (QED) is 0.735. The van der Waals surface area contributed by atoms with Gasteiger partial charge in [-0.3, -0.25) is 9.69 Å². The van der Waals surface area contributed by atoms with Crippen LogP contribution >= 0.6 is 0 Å². The largest absolute Gasteiger partial charge is 0.373 e. The molecule has 1 aromatic carbocycles. The Bertz CT molecular complexity index is 595. The van der Waals surface area contributed by atoms with E-state index in [2.05, 4.69) is 43.1 Å². The highest BCUT2D eigenvalue weighted by Gasteiger charge is 2.29. The van der Waals surface area contributed by atoms with Gasteiger partial charge in [0.25, 0.3) is 0 Å². The maximum absolute atomic E-state index is 11.9. The average molecular weight is 373 g/mol. The van der Waals surface area contributed by atoms with Crippen LogP contribution in [-0.4, -0.2) is 48.0 Å². The van der Waals surface area contributed by atoms with Gasteiger partial charge in [0.1, 0.15) is 0 Å². The Morgan fingerprint density at radius 2 is 1.78 bits per heavy atom. The van der Waals surface area contributed by atoms with Gasteiger partial charge in [0.15, 0.2) is 0 Å². The predicted molar refractivity (Wildman–Crippen MR) is 110 cm³/mol. The molecule has 4 heteroatoms. The van der Waals surface area contributed by atoms with Crippen molar-refractivity contribution in [1.82, 2.24) is 9.80 Å². The van der Waals surface area contributed by atoms with E-state index in [0.29, 0.717) is 6.04 Å². The van der Waals surface area contributed by atoms with Crippen molar-refractivity contribution >= 4 is 5.91 Å². The summed E-state index contributed by atoms with van der Waals surface area (Å²) in [4.78, 5) is 16.4. The van der Waals surface area contributed by atoms with Crippen molar-refractivity contribution in [2.45, 2.75) is 83.5 Å². The van der Waals surface area contributed by atoms with Gasteiger partial charge in [-0.05, 0) is 50.8 Å². The molecule has 1 aliphatic carbocycles. The summed E-state index contributed by atoms with van der Waals surface area (Å²) in [5.41, 5.74) is 2.61. The first-order valence-corrected chi connectivity index (χ1v) is 10.8. The Hall–Kier alpha value is -1.39. The fourth-order valence-corrected chi connectivity index (χ4v) is 4.81. The molecule has 2 atom stereocenters. The third-order valence-corrected chi connectivity index (χ3v) is 6.42. The number of hydrogen-bond donors (Lipinski definition) is 0. The van der Waals surface area contributed by atoms with Crippen LogP contribution in [0.1, 0.15) is 76.0 Å². The first kappa shape index (κ1) is 20.3. The molecule has 0 bridgehead atoms. The van der Waals surface area contributed by atoms with E-state index in [4.69, 9.17) is 4.74 Å². The van der Waals surface area contributed by atoms with Gasteiger partial charge in [0.05, 0.1) is 6.10 Å².